The van der Waals surface area contributed by atoms with Crippen molar-refractivity contribution < 1.29 is 23.9 Å². The number of anilines is 1. The maximum absolute atomic E-state index is 12.8. The number of carboxylic acid groups (broad SMARTS) is 1. The lowest BCUT2D eigenvalue weighted by atomic mass is 10.1. The average Bonchev–Trinajstić information content (AvgIpc) is 2.64. The second-order valence-electron chi connectivity index (χ2n) is 5.64. The van der Waals surface area contributed by atoms with Crippen LogP contribution in [-0.2, 0) is 15.3 Å². The molecule has 0 spiro atoms. The predicted octanol–water partition coefficient (Wildman–Crippen LogP) is 2.90. The van der Waals surface area contributed by atoms with E-state index in [0.29, 0.717) is 17.0 Å². The summed E-state index contributed by atoms with van der Waals surface area (Å²) >= 11 is 1.42. The van der Waals surface area contributed by atoms with Crippen molar-refractivity contribution in [3.63, 3.8) is 0 Å². The highest BCUT2D eigenvalue weighted by molar-refractivity contribution is 7.99. The van der Waals surface area contributed by atoms with E-state index in [4.69, 9.17) is 5.11 Å². The third kappa shape index (κ3) is 7.49. The van der Waals surface area contributed by atoms with Gasteiger partial charge < -0.3 is 15.7 Å². The van der Waals surface area contributed by atoms with E-state index in [2.05, 4.69) is 10.6 Å². The smallest absolute Gasteiger partial charge is 0.305 e. The van der Waals surface area contributed by atoms with Gasteiger partial charge >= 0.3 is 5.97 Å². The van der Waals surface area contributed by atoms with Crippen molar-refractivity contribution in [2.75, 3.05) is 17.6 Å². The molecule has 0 aromatic heterocycles. The first-order valence-corrected chi connectivity index (χ1v) is 9.31. The fourth-order valence-electron chi connectivity index (χ4n) is 2.13. The van der Waals surface area contributed by atoms with Gasteiger partial charge in [0.2, 0.25) is 5.91 Å². The lowest BCUT2D eigenvalue weighted by molar-refractivity contribution is -0.136. The van der Waals surface area contributed by atoms with Crippen LogP contribution in [0.2, 0.25) is 0 Å². The molecule has 0 fully saturated rings. The van der Waals surface area contributed by atoms with Crippen LogP contribution < -0.4 is 10.6 Å². The number of amides is 2. The number of thioether (sulfide) groups is 1. The van der Waals surface area contributed by atoms with E-state index in [1.165, 1.54) is 36.0 Å². The summed E-state index contributed by atoms with van der Waals surface area (Å²) in [4.78, 5) is 34.1. The van der Waals surface area contributed by atoms with Gasteiger partial charge in [-0.2, -0.15) is 0 Å². The number of halogens is 1. The SMILES string of the molecule is O=C(O)CCNC(=O)c1ccc(CSCC(=O)Nc2ccc(F)cc2)cc1. The Hall–Kier alpha value is -2.87. The Balaban J connectivity index is 1.72. The molecule has 0 saturated carbocycles. The lowest BCUT2D eigenvalue weighted by Crippen LogP contribution is -2.25. The molecule has 0 radical (unpaired) electrons. The van der Waals surface area contributed by atoms with Crippen LogP contribution in [0, 0.1) is 5.82 Å². The Bertz CT molecular complexity index is 794. The Morgan fingerprint density at radius 2 is 1.67 bits per heavy atom. The lowest BCUT2D eigenvalue weighted by Gasteiger charge is -2.06. The molecule has 2 rings (SSSR count). The third-order valence-corrected chi connectivity index (χ3v) is 4.47. The summed E-state index contributed by atoms with van der Waals surface area (Å²) < 4.78 is 12.8. The molecule has 0 aliphatic heterocycles. The number of hydrogen-bond donors (Lipinski definition) is 3. The van der Waals surface area contributed by atoms with Crippen LogP contribution in [0.4, 0.5) is 10.1 Å². The minimum Gasteiger partial charge on any atom is -0.481 e. The van der Waals surface area contributed by atoms with Gasteiger partial charge in [0.05, 0.1) is 12.2 Å². The number of rotatable bonds is 9. The zero-order valence-electron chi connectivity index (χ0n) is 14.4. The fraction of sp³-hybridized carbons (Fsp3) is 0.211. The van der Waals surface area contributed by atoms with E-state index in [1.54, 1.807) is 24.3 Å². The van der Waals surface area contributed by atoms with E-state index in [0.717, 1.165) is 5.56 Å². The maximum Gasteiger partial charge on any atom is 0.305 e. The van der Waals surface area contributed by atoms with Crippen molar-refractivity contribution in [2.24, 2.45) is 0 Å². The molecule has 2 aromatic rings. The molecular weight excluding hydrogens is 371 g/mol. The van der Waals surface area contributed by atoms with Crippen molar-refractivity contribution in [1.82, 2.24) is 5.32 Å². The first-order valence-electron chi connectivity index (χ1n) is 8.16. The maximum atomic E-state index is 12.8. The van der Waals surface area contributed by atoms with Crippen LogP contribution in [0.15, 0.2) is 48.5 Å². The van der Waals surface area contributed by atoms with Crippen LogP contribution in [0.5, 0.6) is 0 Å². The molecule has 6 nitrogen and oxygen atoms in total. The topological polar surface area (TPSA) is 95.5 Å². The van der Waals surface area contributed by atoms with Gasteiger partial charge in [0, 0.05) is 23.5 Å². The molecule has 0 unspecified atom stereocenters. The molecule has 8 heteroatoms. The molecule has 2 aromatic carbocycles. The standard InChI is InChI=1S/C19H19FN2O4S/c20-15-5-7-16(8-6-15)22-17(23)12-27-11-13-1-3-14(4-2-13)19(26)21-10-9-18(24)25/h1-8H,9-12H2,(H,21,26)(H,22,23)(H,24,25). The van der Waals surface area contributed by atoms with Gasteiger partial charge in [-0.15, -0.1) is 11.8 Å². The number of carbonyl (C=O) groups excluding carboxylic acids is 2. The highest BCUT2D eigenvalue weighted by atomic mass is 32.2. The van der Waals surface area contributed by atoms with Crippen molar-refractivity contribution >= 4 is 35.2 Å². The molecule has 0 aliphatic carbocycles. The predicted molar refractivity (Wildman–Crippen MR) is 102 cm³/mol. The molecule has 0 heterocycles. The van der Waals surface area contributed by atoms with Gasteiger partial charge in [-0.05, 0) is 42.0 Å². The minimum absolute atomic E-state index is 0.0783. The van der Waals surface area contributed by atoms with Gasteiger partial charge in [-0.25, -0.2) is 4.39 Å². The Kier molecular flexibility index (Phi) is 7.81. The molecule has 27 heavy (non-hydrogen) atoms. The van der Waals surface area contributed by atoms with Gasteiger partial charge in [-0.3, -0.25) is 14.4 Å². The van der Waals surface area contributed by atoms with Crippen LogP contribution in [0.3, 0.4) is 0 Å². The van der Waals surface area contributed by atoms with Crippen molar-refractivity contribution in [2.45, 2.75) is 12.2 Å². The van der Waals surface area contributed by atoms with Crippen molar-refractivity contribution in [3.8, 4) is 0 Å². The van der Waals surface area contributed by atoms with Crippen molar-refractivity contribution in [3.05, 3.63) is 65.5 Å². The monoisotopic (exact) mass is 390 g/mol. The number of hydrogen-bond acceptors (Lipinski definition) is 4. The average molecular weight is 390 g/mol. The second kappa shape index (κ2) is 10.3. The van der Waals surface area contributed by atoms with Crippen LogP contribution in [0.25, 0.3) is 0 Å². The van der Waals surface area contributed by atoms with Crippen LogP contribution in [-0.4, -0.2) is 35.2 Å². The largest absolute Gasteiger partial charge is 0.481 e. The first-order chi connectivity index (χ1) is 12.9. The minimum atomic E-state index is -0.967. The second-order valence-corrected chi connectivity index (χ2v) is 6.63. The number of carbonyl (C=O) groups is 3. The zero-order chi connectivity index (χ0) is 19.6. The third-order valence-electron chi connectivity index (χ3n) is 3.47. The summed E-state index contributed by atoms with van der Waals surface area (Å²) in [5.41, 5.74) is 1.94. The summed E-state index contributed by atoms with van der Waals surface area (Å²) in [5.74, 6) is -0.991. The molecule has 142 valence electrons. The molecule has 0 aliphatic rings. The number of aliphatic carboxylic acids is 1. The summed E-state index contributed by atoms with van der Waals surface area (Å²) in [6, 6.07) is 12.4. The molecular formula is C19H19FN2O4S. The van der Waals surface area contributed by atoms with Crippen LogP contribution >= 0.6 is 11.8 Å². The molecule has 0 bridgehead atoms. The van der Waals surface area contributed by atoms with E-state index in [1.807, 2.05) is 0 Å². The van der Waals surface area contributed by atoms with Gasteiger partial charge in [0.1, 0.15) is 5.82 Å². The Morgan fingerprint density at radius 3 is 2.30 bits per heavy atom. The van der Waals surface area contributed by atoms with Crippen molar-refractivity contribution in [1.29, 1.82) is 0 Å². The van der Waals surface area contributed by atoms with Gasteiger partial charge in [0.25, 0.3) is 5.91 Å². The van der Waals surface area contributed by atoms with E-state index in [9.17, 15) is 18.8 Å². The Labute approximate surface area is 160 Å². The highest BCUT2D eigenvalue weighted by Crippen LogP contribution is 2.14. The zero-order valence-corrected chi connectivity index (χ0v) is 15.2. The highest BCUT2D eigenvalue weighted by Gasteiger charge is 2.07. The fourth-order valence-corrected chi connectivity index (χ4v) is 2.92. The van der Waals surface area contributed by atoms with Gasteiger partial charge in [-0.1, -0.05) is 12.1 Å². The van der Waals surface area contributed by atoms with Gasteiger partial charge in [0.15, 0.2) is 0 Å². The van der Waals surface area contributed by atoms with Crippen LogP contribution in [0.1, 0.15) is 22.3 Å². The summed E-state index contributed by atoms with van der Waals surface area (Å²) in [6.45, 7) is 0.0783. The normalized spacial score (nSPS) is 10.3. The summed E-state index contributed by atoms with van der Waals surface area (Å²) in [7, 11) is 0. The number of benzene rings is 2. The summed E-state index contributed by atoms with van der Waals surface area (Å²) in [6.07, 6.45) is -0.125. The first kappa shape index (κ1) is 20.4. The molecule has 0 saturated heterocycles. The molecule has 0 atom stereocenters. The Morgan fingerprint density at radius 1 is 1.00 bits per heavy atom. The molecule has 3 N–H and O–H groups in total. The number of nitrogens with one attached hydrogen (secondary N) is 2. The quantitative estimate of drug-likeness (QED) is 0.612. The van der Waals surface area contributed by atoms with E-state index >= 15 is 0 Å². The van der Waals surface area contributed by atoms with E-state index in [-0.39, 0.29) is 36.4 Å². The molecule has 2 amide bonds. The summed E-state index contributed by atoms with van der Waals surface area (Å²) in [5, 5.41) is 13.8. The number of carboxylic acids is 1. The van der Waals surface area contributed by atoms with E-state index < -0.39 is 5.97 Å².